The fraction of sp³-hybridized carbons (Fsp3) is 0.667. The number of hydrogen-bond acceptors (Lipinski definition) is 5. The van der Waals surface area contributed by atoms with Gasteiger partial charge >= 0.3 is 0 Å². The van der Waals surface area contributed by atoms with E-state index in [4.69, 9.17) is 0 Å². The summed E-state index contributed by atoms with van der Waals surface area (Å²) in [6, 6.07) is 1.75. The molecule has 0 bridgehead atoms. The summed E-state index contributed by atoms with van der Waals surface area (Å²) in [4.78, 5) is 4.09. The van der Waals surface area contributed by atoms with Crippen molar-refractivity contribution in [3.8, 4) is 0 Å². The van der Waals surface area contributed by atoms with Gasteiger partial charge in [-0.1, -0.05) is 13.3 Å². The number of hydrogen-bond donors (Lipinski definition) is 2. The standard InChI is InChI=1S/C12H21N3O2S2/c1-2-13-9-11-8-12(10-18-11)19(16,17)14-15-6-4-3-5-7-15/h8,10,13-14H,2-7,9H2,1H3. The molecule has 0 atom stereocenters. The predicted octanol–water partition coefficient (Wildman–Crippen LogP) is 1.54. The molecule has 1 aromatic rings. The molecular weight excluding hydrogens is 282 g/mol. The van der Waals surface area contributed by atoms with Crippen molar-refractivity contribution in [1.82, 2.24) is 15.2 Å². The van der Waals surface area contributed by atoms with Crippen LogP contribution in [0.4, 0.5) is 0 Å². The van der Waals surface area contributed by atoms with Crippen LogP contribution in [0.1, 0.15) is 31.1 Å². The van der Waals surface area contributed by atoms with E-state index < -0.39 is 10.0 Å². The molecule has 0 spiro atoms. The molecule has 0 aliphatic carbocycles. The number of thiophene rings is 1. The van der Waals surface area contributed by atoms with Crippen LogP contribution in [0.15, 0.2) is 16.3 Å². The summed E-state index contributed by atoms with van der Waals surface area (Å²) < 4.78 is 24.4. The molecule has 1 fully saturated rings. The number of rotatable bonds is 6. The Bertz CT molecular complexity index is 493. The number of nitrogens with one attached hydrogen (secondary N) is 2. The van der Waals surface area contributed by atoms with Crippen LogP contribution in [0, 0.1) is 0 Å². The Morgan fingerprint density at radius 3 is 2.74 bits per heavy atom. The van der Waals surface area contributed by atoms with Crippen LogP contribution in [-0.2, 0) is 16.6 Å². The second-order valence-corrected chi connectivity index (χ2v) is 7.33. The summed E-state index contributed by atoms with van der Waals surface area (Å²) in [5, 5.41) is 6.71. The van der Waals surface area contributed by atoms with E-state index >= 15 is 0 Å². The second-order valence-electron chi connectivity index (χ2n) is 4.67. The first kappa shape index (κ1) is 14.9. The fourth-order valence-electron chi connectivity index (χ4n) is 2.05. The van der Waals surface area contributed by atoms with Gasteiger partial charge in [0.2, 0.25) is 0 Å². The van der Waals surface area contributed by atoms with Crippen molar-refractivity contribution < 1.29 is 8.42 Å². The maximum Gasteiger partial charge on any atom is 0.254 e. The Labute approximate surface area is 119 Å². The highest BCUT2D eigenvalue weighted by molar-refractivity contribution is 7.89. The minimum Gasteiger partial charge on any atom is -0.312 e. The van der Waals surface area contributed by atoms with E-state index in [9.17, 15) is 8.42 Å². The Morgan fingerprint density at radius 1 is 1.32 bits per heavy atom. The number of nitrogens with zero attached hydrogens (tertiary/aromatic N) is 1. The Morgan fingerprint density at radius 2 is 2.05 bits per heavy atom. The van der Waals surface area contributed by atoms with Gasteiger partial charge in [0.05, 0.1) is 4.90 Å². The van der Waals surface area contributed by atoms with Crippen molar-refractivity contribution in [2.24, 2.45) is 0 Å². The maximum absolute atomic E-state index is 12.2. The van der Waals surface area contributed by atoms with E-state index in [0.717, 1.165) is 43.9 Å². The summed E-state index contributed by atoms with van der Waals surface area (Å²) >= 11 is 1.48. The third-order valence-corrected chi connectivity index (χ3v) is 5.54. The zero-order chi connectivity index (χ0) is 13.7. The van der Waals surface area contributed by atoms with Gasteiger partial charge in [-0.2, -0.15) is 0 Å². The smallest absolute Gasteiger partial charge is 0.254 e. The summed E-state index contributed by atoms with van der Waals surface area (Å²) in [5.41, 5.74) is 0. The lowest BCUT2D eigenvalue weighted by Crippen LogP contribution is -2.44. The zero-order valence-electron chi connectivity index (χ0n) is 11.2. The molecule has 0 radical (unpaired) electrons. The number of sulfonamides is 1. The van der Waals surface area contributed by atoms with Crippen molar-refractivity contribution in [2.75, 3.05) is 19.6 Å². The SMILES string of the molecule is CCNCc1cc(S(=O)(=O)NN2CCCCC2)cs1. The minimum atomic E-state index is -3.41. The molecule has 1 saturated heterocycles. The van der Waals surface area contributed by atoms with Gasteiger partial charge in [0.15, 0.2) is 0 Å². The maximum atomic E-state index is 12.2. The fourth-order valence-corrected chi connectivity index (χ4v) is 4.42. The van der Waals surface area contributed by atoms with Crippen LogP contribution in [0.5, 0.6) is 0 Å². The van der Waals surface area contributed by atoms with Gasteiger partial charge in [-0.3, -0.25) is 0 Å². The second kappa shape index (κ2) is 6.81. The Kier molecular flexibility index (Phi) is 5.35. The van der Waals surface area contributed by atoms with Crippen LogP contribution < -0.4 is 10.1 Å². The molecule has 2 heterocycles. The first-order valence-corrected chi connectivity index (χ1v) is 9.03. The van der Waals surface area contributed by atoms with E-state index in [1.807, 2.05) is 6.92 Å². The van der Waals surface area contributed by atoms with Crippen LogP contribution in [0.2, 0.25) is 0 Å². The average Bonchev–Trinajstić information content (AvgIpc) is 2.86. The molecule has 7 heteroatoms. The summed E-state index contributed by atoms with van der Waals surface area (Å²) in [6.45, 7) is 5.23. The van der Waals surface area contributed by atoms with E-state index in [1.54, 1.807) is 16.5 Å². The highest BCUT2D eigenvalue weighted by atomic mass is 32.2. The predicted molar refractivity (Wildman–Crippen MR) is 77.4 cm³/mol. The lowest BCUT2D eigenvalue weighted by molar-refractivity contribution is 0.200. The zero-order valence-corrected chi connectivity index (χ0v) is 12.8. The van der Waals surface area contributed by atoms with Crippen molar-refractivity contribution in [2.45, 2.75) is 37.6 Å². The first-order chi connectivity index (χ1) is 9.12. The topological polar surface area (TPSA) is 61.4 Å². The normalized spacial score (nSPS) is 17.7. The average molecular weight is 303 g/mol. The van der Waals surface area contributed by atoms with Crippen molar-refractivity contribution in [3.05, 3.63) is 16.3 Å². The molecule has 0 unspecified atom stereocenters. The molecule has 108 valence electrons. The quantitative estimate of drug-likeness (QED) is 0.837. The van der Waals surface area contributed by atoms with Gasteiger partial charge in [-0.15, -0.1) is 16.2 Å². The molecule has 0 saturated carbocycles. The molecule has 2 rings (SSSR count). The van der Waals surface area contributed by atoms with Crippen molar-refractivity contribution in [3.63, 3.8) is 0 Å². The number of hydrazine groups is 1. The monoisotopic (exact) mass is 303 g/mol. The van der Waals surface area contributed by atoms with Gasteiger partial charge in [-0.05, 0) is 25.5 Å². The molecule has 1 aromatic heterocycles. The summed E-state index contributed by atoms with van der Waals surface area (Å²) in [7, 11) is -3.41. The molecule has 0 amide bonds. The molecule has 19 heavy (non-hydrogen) atoms. The molecule has 1 aliphatic heterocycles. The van der Waals surface area contributed by atoms with Crippen LogP contribution in [0.3, 0.4) is 0 Å². The van der Waals surface area contributed by atoms with Gasteiger partial charge in [0.1, 0.15) is 0 Å². The van der Waals surface area contributed by atoms with Gasteiger partial charge in [0, 0.05) is 29.9 Å². The highest BCUT2D eigenvalue weighted by Gasteiger charge is 2.21. The molecule has 2 N–H and O–H groups in total. The van der Waals surface area contributed by atoms with E-state index in [-0.39, 0.29) is 0 Å². The minimum absolute atomic E-state index is 0.371. The van der Waals surface area contributed by atoms with E-state index in [2.05, 4.69) is 10.1 Å². The van der Waals surface area contributed by atoms with E-state index in [1.165, 1.54) is 17.8 Å². The van der Waals surface area contributed by atoms with Crippen LogP contribution >= 0.6 is 11.3 Å². The van der Waals surface area contributed by atoms with Gasteiger partial charge < -0.3 is 5.32 Å². The Hall–Kier alpha value is -0.470. The van der Waals surface area contributed by atoms with Crippen LogP contribution in [-0.4, -0.2) is 33.1 Å². The highest BCUT2D eigenvalue weighted by Crippen LogP contribution is 2.20. The Balaban J connectivity index is 1.99. The van der Waals surface area contributed by atoms with Crippen LogP contribution in [0.25, 0.3) is 0 Å². The number of piperidine rings is 1. The van der Waals surface area contributed by atoms with E-state index in [0.29, 0.717) is 4.90 Å². The molecule has 5 nitrogen and oxygen atoms in total. The third-order valence-electron chi connectivity index (χ3n) is 3.09. The molecular formula is C12H21N3O2S2. The first-order valence-electron chi connectivity index (χ1n) is 6.67. The van der Waals surface area contributed by atoms with Gasteiger partial charge in [0.25, 0.3) is 10.0 Å². The molecule has 1 aliphatic rings. The summed E-state index contributed by atoms with van der Waals surface area (Å²) in [6.07, 6.45) is 3.29. The van der Waals surface area contributed by atoms with Gasteiger partial charge in [-0.25, -0.2) is 13.4 Å². The summed E-state index contributed by atoms with van der Waals surface area (Å²) in [5.74, 6) is 0. The third kappa shape index (κ3) is 4.25. The lowest BCUT2D eigenvalue weighted by atomic mass is 10.2. The van der Waals surface area contributed by atoms with Crippen molar-refractivity contribution in [1.29, 1.82) is 0 Å². The van der Waals surface area contributed by atoms with Crippen molar-refractivity contribution >= 4 is 21.4 Å². The lowest BCUT2D eigenvalue weighted by Gasteiger charge is -2.26. The molecule has 0 aromatic carbocycles. The largest absolute Gasteiger partial charge is 0.312 e.